The molecule has 1 aromatic rings. The molecule has 1 saturated heterocycles. The molecule has 1 heterocycles. The standard InChI is InChI=1S/C16H21F2NO3/c1-11(20)12-6-7-19(10-12)16(21)3-2-8-22-15-5-4-13(17)9-14(15)18/h4-5,9,11-12,20H,2-3,6-8,10H2,1H3. The Morgan fingerprint density at radius 3 is 2.91 bits per heavy atom. The Morgan fingerprint density at radius 2 is 2.27 bits per heavy atom. The summed E-state index contributed by atoms with van der Waals surface area (Å²) in [6.07, 6.45) is 1.20. The number of halogens is 2. The third-order valence-corrected chi connectivity index (χ3v) is 3.95. The first-order chi connectivity index (χ1) is 10.5. The number of likely N-dealkylation sites (tertiary alicyclic amines) is 1. The maximum Gasteiger partial charge on any atom is 0.222 e. The zero-order valence-electron chi connectivity index (χ0n) is 12.6. The van der Waals surface area contributed by atoms with Gasteiger partial charge in [0.05, 0.1) is 12.7 Å². The van der Waals surface area contributed by atoms with E-state index in [1.165, 1.54) is 6.07 Å². The monoisotopic (exact) mass is 313 g/mol. The second-order valence-corrected chi connectivity index (χ2v) is 5.66. The number of amides is 1. The van der Waals surface area contributed by atoms with Crippen molar-refractivity contribution in [1.29, 1.82) is 0 Å². The molecular weight excluding hydrogens is 292 g/mol. The number of nitrogens with zero attached hydrogens (tertiary/aromatic N) is 1. The maximum atomic E-state index is 13.3. The van der Waals surface area contributed by atoms with Crippen LogP contribution in [0.3, 0.4) is 0 Å². The molecule has 2 rings (SSSR count). The summed E-state index contributed by atoms with van der Waals surface area (Å²) in [5.41, 5.74) is 0. The van der Waals surface area contributed by atoms with Gasteiger partial charge in [0, 0.05) is 31.5 Å². The van der Waals surface area contributed by atoms with Gasteiger partial charge in [-0.05, 0) is 31.9 Å². The highest BCUT2D eigenvalue weighted by atomic mass is 19.1. The minimum absolute atomic E-state index is 0.0100. The summed E-state index contributed by atoms with van der Waals surface area (Å²) >= 11 is 0. The van der Waals surface area contributed by atoms with Crippen LogP contribution >= 0.6 is 0 Å². The van der Waals surface area contributed by atoms with Crippen LogP contribution in [0.5, 0.6) is 5.75 Å². The highest BCUT2D eigenvalue weighted by molar-refractivity contribution is 5.76. The molecule has 0 bridgehead atoms. The highest BCUT2D eigenvalue weighted by Crippen LogP contribution is 2.21. The number of carbonyl (C=O) groups excluding carboxylic acids is 1. The summed E-state index contributed by atoms with van der Waals surface area (Å²) in [4.78, 5) is 13.7. The number of hydrogen-bond acceptors (Lipinski definition) is 3. The number of aliphatic hydroxyl groups excluding tert-OH is 1. The van der Waals surface area contributed by atoms with Crippen LogP contribution in [-0.4, -0.2) is 41.7 Å². The molecule has 0 spiro atoms. The van der Waals surface area contributed by atoms with Gasteiger partial charge >= 0.3 is 0 Å². The van der Waals surface area contributed by atoms with E-state index in [2.05, 4.69) is 0 Å². The molecule has 6 heteroatoms. The molecule has 122 valence electrons. The third kappa shape index (κ3) is 4.40. The zero-order valence-corrected chi connectivity index (χ0v) is 12.6. The minimum atomic E-state index is -0.745. The van der Waals surface area contributed by atoms with Crippen molar-refractivity contribution in [2.75, 3.05) is 19.7 Å². The molecular formula is C16H21F2NO3. The lowest BCUT2D eigenvalue weighted by molar-refractivity contribution is -0.130. The molecule has 0 saturated carbocycles. The molecule has 1 amide bonds. The van der Waals surface area contributed by atoms with Crippen LogP contribution in [0.4, 0.5) is 8.78 Å². The van der Waals surface area contributed by atoms with Crippen LogP contribution in [0.1, 0.15) is 26.2 Å². The summed E-state index contributed by atoms with van der Waals surface area (Å²) in [7, 11) is 0. The fourth-order valence-electron chi connectivity index (χ4n) is 2.56. The summed E-state index contributed by atoms with van der Waals surface area (Å²) in [5, 5.41) is 9.52. The maximum absolute atomic E-state index is 13.3. The normalized spacial score (nSPS) is 19.3. The molecule has 2 atom stereocenters. The van der Waals surface area contributed by atoms with Gasteiger partial charge in [-0.25, -0.2) is 8.78 Å². The zero-order chi connectivity index (χ0) is 16.1. The Morgan fingerprint density at radius 1 is 1.50 bits per heavy atom. The SMILES string of the molecule is CC(O)C1CCN(C(=O)CCCOc2ccc(F)cc2F)C1. The van der Waals surface area contributed by atoms with E-state index in [9.17, 15) is 18.7 Å². The Kier molecular flexibility index (Phi) is 5.71. The van der Waals surface area contributed by atoms with Crippen molar-refractivity contribution in [2.45, 2.75) is 32.3 Å². The van der Waals surface area contributed by atoms with Crippen molar-refractivity contribution < 1.29 is 23.4 Å². The first kappa shape index (κ1) is 16.7. The van der Waals surface area contributed by atoms with Gasteiger partial charge in [-0.15, -0.1) is 0 Å². The molecule has 4 nitrogen and oxygen atoms in total. The molecule has 0 radical (unpaired) electrons. The minimum Gasteiger partial charge on any atom is -0.491 e. The number of hydrogen-bond donors (Lipinski definition) is 1. The van der Waals surface area contributed by atoms with Gasteiger partial charge in [0.25, 0.3) is 0 Å². The molecule has 1 fully saturated rings. The van der Waals surface area contributed by atoms with Gasteiger partial charge in [0.15, 0.2) is 11.6 Å². The van der Waals surface area contributed by atoms with E-state index in [0.29, 0.717) is 25.9 Å². The van der Waals surface area contributed by atoms with E-state index < -0.39 is 17.7 Å². The van der Waals surface area contributed by atoms with E-state index >= 15 is 0 Å². The summed E-state index contributed by atoms with van der Waals surface area (Å²) in [5.74, 6) is -1.24. The number of rotatable bonds is 6. The quantitative estimate of drug-likeness (QED) is 0.820. The average Bonchev–Trinajstić information content (AvgIpc) is 2.95. The second-order valence-electron chi connectivity index (χ2n) is 5.66. The van der Waals surface area contributed by atoms with Crippen molar-refractivity contribution >= 4 is 5.91 Å². The Hall–Kier alpha value is -1.69. The Bertz CT molecular complexity index is 522. The topological polar surface area (TPSA) is 49.8 Å². The van der Waals surface area contributed by atoms with E-state index in [4.69, 9.17) is 4.74 Å². The molecule has 1 aliphatic rings. The predicted molar refractivity (Wildman–Crippen MR) is 77.5 cm³/mol. The Balaban J connectivity index is 1.69. The largest absolute Gasteiger partial charge is 0.491 e. The van der Waals surface area contributed by atoms with Crippen LogP contribution in [-0.2, 0) is 4.79 Å². The van der Waals surface area contributed by atoms with Gasteiger partial charge in [-0.3, -0.25) is 4.79 Å². The van der Waals surface area contributed by atoms with Crippen molar-refractivity contribution in [2.24, 2.45) is 5.92 Å². The predicted octanol–water partition coefficient (Wildman–Crippen LogP) is 2.35. The molecule has 22 heavy (non-hydrogen) atoms. The Labute approximate surface area is 128 Å². The van der Waals surface area contributed by atoms with E-state index in [1.807, 2.05) is 0 Å². The molecule has 0 aromatic heterocycles. The van der Waals surface area contributed by atoms with Crippen molar-refractivity contribution in [1.82, 2.24) is 4.90 Å². The fraction of sp³-hybridized carbons (Fsp3) is 0.562. The number of aliphatic hydroxyl groups is 1. The van der Waals surface area contributed by atoms with Gasteiger partial charge in [0.1, 0.15) is 5.82 Å². The van der Waals surface area contributed by atoms with E-state index in [-0.39, 0.29) is 24.2 Å². The molecule has 1 N–H and O–H groups in total. The highest BCUT2D eigenvalue weighted by Gasteiger charge is 2.28. The van der Waals surface area contributed by atoms with Crippen LogP contribution in [0.25, 0.3) is 0 Å². The number of carbonyl (C=O) groups is 1. The number of benzene rings is 1. The lowest BCUT2D eigenvalue weighted by atomic mass is 10.0. The van der Waals surface area contributed by atoms with Crippen molar-refractivity contribution in [3.8, 4) is 5.75 Å². The number of ether oxygens (including phenoxy) is 1. The second kappa shape index (κ2) is 7.54. The summed E-state index contributed by atoms with van der Waals surface area (Å²) in [6, 6.07) is 3.13. The van der Waals surface area contributed by atoms with Gasteiger partial charge < -0.3 is 14.7 Å². The van der Waals surface area contributed by atoms with Gasteiger partial charge in [-0.1, -0.05) is 0 Å². The molecule has 0 aliphatic carbocycles. The first-order valence-electron chi connectivity index (χ1n) is 7.51. The van der Waals surface area contributed by atoms with Crippen LogP contribution in [0.2, 0.25) is 0 Å². The van der Waals surface area contributed by atoms with Gasteiger partial charge in [-0.2, -0.15) is 0 Å². The third-order valence-electron chi connectivity index (χ3n) is 3.95. The average molecular weight is 313 g/mol. The van der Waals surface area contributed by atoms with Gasteiger partial charge in [0.2, 0.25) is 5.91 Å². The van der Waals surface area contributed by atoms with E-state index in [1.54, 1.807) is 11.8 Å². The van der Waals surface area contributed by atoms with Crippen molar-refractivity contribution in [3.05, 3.63) is 29.8 Å². The van der Waals surface area contributed by atoms with Crippen molar-refractivity contribution in [3.63, 3.8) is 0 Å². The molecule has 2 unspecified atom stereocenters. The van der Waals surface area contributed by atoms with Crippen LogP contribution in [0.15, 0.2) is 18.2 Å². The summed E-state index contributed by atoms with van der Waals surface area (Å²) < 4.78 is 31.3. The van der Waals surface area contributed by atoms with E-state index in [0.717, 1.165) is 18.6 Å². The lowest BCUT2D eigenvalue weighted by Gasteiger charge is -2.17. The van der Waals surface area contributed by atoms with Crippen LogP contribution < -0.4 is 4.74 Å². The molecule has 1 aromatic carbocycles. The van der Waals surface area contributed by atoms with Crippen LogP contribution in [0, 0.1) is 17.6 Å². The molecule has 1 aliphatic heterocycles. The first-order valence-corrected chi connectivity index (χ1v) is 7.51. The fourth-order valence-corrected chi connectivity index (χ4v) is 2.56. The smallest absolute Gasteiger partial charge is 0.222 e. The lowest BCUT2D eigenvalue weighted by Crippen LogP contribution is -2.30. The summed E-state index contributed by atoms with van der Waals surface area (Å²) in [6.45, 7) is 3.19.